The zero-order valence-electron chi connectivity index (χ0n) is 9.22. The number of hydrogen-bond acceptors (Lipinski definition) is 5. The lowest BCUT2D eigenvalue weighted by molar-refractivity contribution is 0.315. The maximum atomic E-state index is 12.0. The summed E-state index contributed by atoms with van der Waals surface area (Å²) in [6, 6.07) is 0.435. The molecule has 0 saturated carbocycles. The van der Waals surface area contributed by atoms with Crippen LogP contribution in [0.3, 0.4) is 0 Å². The van der Waals surface area contributed by atoms with Gasteiger partial charge in [-0.2, -0.15) is 0 Å². The highest BCUT2D eigenvalue weighted by Gasteiger charge is 2.25. The molecular formula is C8H11Cl2N3O3S2. The second-order valence-corrected chi connectivity index (χ2v) is 7.26. The van der Waals surface area contributed by atoms with Crippen molar-refractivity contribution < 1.29 is 13.6 Å². The summed E-state index contributed by atoms with van der Waals surface area (Å²) in [5, 5.41) is 11.3. The minimum Gasteiger partial charge on any atom is -0.409 e. The monoisotopic (exact) mass is 331 g/mol. The number of nitrogens with two attached hydrogens (primary N) is 1. The molecule has 1 heterocycles. The highest BCUT2D eigenvalue weighted by Crippen LogP contribution is 2.34. The molecule has 1 atom stereocenters. The Hall–Kier alpha value is -0.540. The van der Waals surface area contributed by atoms with E-state index in [1.807, 2.05) is 0 Å². The van der Waals surface area contributed by atoms with Crippen LogP contribution in [-0.4, -0.2) is 25.5 Å². The second kappa shape index (κ2) is 6.07. The van der Waals surface area contributed by atoms with E-state index in [1.165, 1.54) is 6.07 Å². The average molecular weight is 332 g/mol. The van der Waals surface area contributed by atoms with Gasteiger partial charge in [0.05, 0.1) is 10.4 Å². The van der Waals surface area contributed by atoms with E-state index in [2.05, 4.69) is 9.88 Å². The molecule has 1 aromatic rings. The number of sulfonamides is 1. The Morgan fingerprint density at radius 1 is 1.67 bits per heavy atom. The van der Waals surface area contributed by atoms with E-state index in [-0.39, 0.29) is 19.4 Å². The zero-order chi connectivity index (χ0) is 13.9. The van der Waals surface area contributed by atoms with Crippen molar-refractivity contribution in [2.24, 2.45) is 10.9 Å². The molecule has 0 fully saturated rings. The van der Waals surface area contributed by atoms with Gasteiger partial charge in [-0.3, -0.25) is 0 Å². The van der Waals surface area contributed by atoms with Crippen molar-refractivity contribution in [2.45, 2.75) is 24.3 Å². The molecule has 0 radical (unpaired) electrons. The minimum absolute atomic E-state index is 0.0573. The minimum atomic E-state index is -3.86. The van der Waals surface area contributed by atoms with Crippen LogP contribution in [0, 0.1) is 0 Å². The molecule has 0 aliphatic rings. The Morgan fingerprint density at radius 2 is 2.28 bits per heavy atom. The third kappa shape index (κ3) is 3.48. The van der Waals surface area contributed by atoms with Crippen LogP contribution in [0.1, 0.15) is 13.3 Å². The lowest BCUT2D eigenvalue weighted by atomic mass is 10.2. The number of amidine groups is 1. The van der Waals surface area contributed by atoms with E-state index in [9.17, 15) is 8.42 Å². The predicted octanol–water partition coefficient (Wildman–Crippen LogP) is 1.86. The normalized spacial score (nSPS) is 14.7. The van der Waals surface area contributed by atoms with Crippen LogP contribution in [0.4, 0.5) is 0 Å². The van der Waals surface area contributed by atoms with Crippen LogP contribution in [-0.2, 0) is 10.0 Å². The van der Waals surface area contributed by atoms with Gasteiger partial charge in [0, 0.05) is 0 Å². The number of nitrogens with one attached hydrogen (secondary N) is 1. The van der Waals surface area contributed by atoms with Crippen molar-refractivity contribution in [1.29, 1.82) is 0 Å². The molecular weight excluding hydrogens is 321 g/mol. The third-order valence-electron chi connectivity index (χ3n) is 2.09. The SMILES string of the molecule is CCC(NS(=O)(=O)c1cc(Cl)sc1Cl)/C(N)=N/O. The smallest absolute Gasteiger partial charge is 0.243 e. The van der Waals surface area contributed by atoms with E-state index in [0.29, 0.717) is 6.42 Å². The van der Waals surface area contributed by atoms with E-state index in [4.69, 9.17) is 34.1 Å². The summed E-state index contributed by atoms with van der Waals surface area (Å²) in [6.07, 6.45) is 0.324. The Morgan fingerprint density at radius 3 is 2.67 bits per heavy atom. The zero-order valence-corrected chi connectivity index (χ0v) is 12.4. The molecule has 1 rings (SSSR count). The Labute approximate surface area is 118 Å². The van der Waals surface area contributed by atoms with Gasteiger partial charge in [0.25, 0.3) is 0 Å². The molecule has 1 aromatic heterocycles. The first-order chi connectivity index (χ1) is 8.31. The van der Waals surface area contributed by atoms with Crippen molar-refractivity contribution >= 4 is 50.4 Å². The van der Waals surface area contributed by atoms with Gasteiger partial charge in [0.2, 0.25) is 10.0 Å². The van der Waals surface area contributed by atoms with E-state index >= 15 is 0 Å². The van der Waals surface area contributed by atoms with Crippen LogP contribution in [0.15, 0.2) is 16.1 Å². The van der Waals surface area contributed by atoms with Crippen molar-refractivity contribution in [3.05, 3.63) is 14.7 Å². The van der Waals surface area contributed by atoms with Crippen LogP contribution in [0.2, 0.25) is 8.67 Å². The van der Waals surface area contributed by atoms with Gasteiger partial charge >= 0.3 is 0 Å². The third-order valence-corrected chi connectivity index (χ3v) is 5.32. The summed E-state index contributed by atoms with van der Waals surface area (Å²) >= 11 is 12.4. The van der Waals surface area contributed by atoms with Crippen molar-refractivity contribution in [3.8, 4) is 0 Å². The number of hydrogen-bond donors (Lipinski definition) is 3. The molecule has 0 amide bonds. The summed E-state index contributed by atoms with van der Waals surface area (Å²) in [7, 11) is -3.86. The number of nitrogens with zero attached hydrogens (tertiary/aromatic N) is 1. The highest BCUT2D eigenvalue weighted by atomic mass is 35.5. The van der Waals surface area contributed by atoms with Crippen LogP contribution in [0.5, 0.6) is 0 Å². The summed E-state index contributed by atoms with van der Waals surface area (Å²) in [5.41, 5.74) is 5.37. The molecule has 0 saturated heterocycles. The topological polar surface area (TPSA) is 105 Å². The largest absolute Gasteiger partial charge is 0.409 e. The predicted molar refractivity (Wildman–Crippen MR) is 72.1 cm³/mol. The molecule has 102 valence electrons. The summed E-state index contributed by atoms with van der Waals surface area (Å²) < 4.78 is 26.6. The van der Waals surface area contributed by atoms with Crippen LogP contribution >= 0.6 is 34.5 Å². The molecule has 0 aliphatic carbocycles. The summed E-state index contributed by atoms with van der Waals surface area (Å²) in [6.45, 7) is 1.69. The van der Waals surface area contributed by atoms with E-state index in [1.54, 1.807) is 6.92 Å². The first-order valence-corrected chi connectivity index (χ1v) is 7.82. The molecule has 18 heavy (non-hydrogen) atoms. The van der Waals surface area contributed by atoms with Crippen LogP contribution < -0.4 is 10.5 Å². The maximum Gasteiger partial charge on any atom is 0.243 e. The first kappa shape index (κ1) is 15.5. The standard InChI is InChI=1S/C8H11Cl2N3O3S2/c1-2-4(8(11)12-14)13-18(15,16)5-3-6(9)17-7(5)10/h3-4,13-14H,2H2,1H3,(H2,11,12). The van der Waals surface area contributed by atoms with E-state index < -0.39 is 16.1 Å². The lowest BCUT2D eigenvalue weighted by Gasteiger charge is -2.14. The Kier molecular flexibility index (Phi) is 5.23. The molecule has 0 bridgehead atoms. The molecule has 0 aromatic carbocycles. The number of thiophene rings is 1. The fourth-order valence-corrected chi connectivity index (χ4v) is 4.62. The highest BCUT2D eigenvalue weighted by molar-refractivity contribution is 7.89. The number of halogens is 2. The van der Waals surface area contributed by atoms with E-state index in [0.717, 1.165) is 11.3 Å². The van der Waals surface area contributed by atoms with Crippen molar-refractivity contribution in [1.82, 2.24) is 4.72 Å². The van der Waals surface area contributed by atoms with Gasteiger partial charge in [-0.15, -0.1) is 11.3 Å². The molecule has 10 heteroatoms. The summed E-state index contributed by atoms with van der Waals surface area (Å²) in [4.78, 5) is -0.122. The summed E-state index contributed by atoms with van der Waals surface area (Å²) in [5.74, 6) is -0.224. The van der Waals surface area contributed by atoms with Gasteiger partial charge in [0.15, 0.2) is 5.84 Å². The first-order valence-electron chi connectivity index (χ1n) is 4.76. The van der Waals surface area contributed by atoms with Crippen molar-refractivity contribution in [3.63, 3.8) is 0 Å². The molecule has 4 N–H and O–H groups in total. The van der Waals surface area contributed by atoms with Crippen molar-refractivity contribution in [2.75, 3.05) is 0 Å². The fourth-order valence-electron chi connectivity index (χ4n) is 1.18. The quantitative estimate of drug-likeness (QED) is 0.331. The van der Waals surface area contributed by atoms with Crippen LogP contribution in [0.25, 0.3) is 0 Å². The van der Waals surface area contributed by atoms with Gasteiger partial charge in [-0.1, -0.05) is 35.3 Å². The average Bonchev–Trinajstić information content (AvgIpc) is 2.65. The Balaban J connectivity index is 3.05. The second-order valence-electron chi connectivity index (χ2n) is 3.30. The number of rotatable bonds is 5. The molecule has 6 nitrogen and oxygen atoms in total. The lowest BCUT2D eigenvalue weighted by Crippen LogP contribution is -2.44. The van der Waals surface area contributed by atoms with Gasteiger partial charge < -0.3 is 10.9 Å². The molecule has 1 unspecified atom stereocenters. The molecule has 0 aliphatic heterocycles. The van der Waals surface area contributed by atoms with Gasteiger partial charge in [-0.25, -0.2) is 13.1 Å². The fraction of sp³-hybridized carbons (Fsp3) is 0.375. The maximum absolute atomic E-state index is 12.0. The van der Waals surface area contributed by atoms with Gasteiger partial charge in [0.1, 0.15) is 9.23 Å². The molecule has 0 spiro atoms. The Bertz CT molecular complexity index is 556. The van der Waals surface area contributed by atoms with Gasteiger partial charge in [-0.05, 0) is 12.5 Å². The number of oxime groups is 1.